The molecule has 11 nitrogen and oxygen atoms in total. The fourth-order valence-corrected chi connectivity index (χ4v) is 11.2. The van der Waals surface area contributed by atoms with E-state index in [1.165, 1.54) is 7.11 Å². The number of ether oxygens (including phenoxy) is 2. The lowest BCUT2D eigenvalue weighted by molar-refractivity contribution is -0.150. The van der Waals surface area contributed by atoms with Crippen LogP contribution in [0.3, 0.4) is 0 Å². The highest BCUT2D eigenvalue weighted by Gasteiger charge is 2.66. The van der Waals surface area contributed by atoms with Crippen molar-refractivity contribution in [1.82, 2.24) is 4.90 Å². The van der Waals surface area contributed by atoms with Crippen molar-refractivity contribution in [2.45, 2.75) is 94.7 Å². The summed E-state index contributed by atoms with van der Waals surface area (Å²) < 4.78 is 11.7. The minimum Gasteiger partial charge on any atom is -0.469 e. The Hall–Kier alpha value is -3.58. The molecule has 258 valence electrons. The first-order chi connectivity index (χ1) is 22.9. The number of aliphatic hydroxyl groups is 1. The number of aliphatic hydroxyl groups excluding tert-OH is 1. The van der Waals surface area contributed by atoms with Gasteiger partial charge in [-0.1, -0.05) is 25.1 Å². The Bertz CT molecular complexity index is 1590. The van der Waals surface area contributed by atoms with Crippen LogP contribution in [0.15, 0.2) is 42.5 Å². The molecule has 6 rings (SSSR count). The molecule has 4 heterocycles. The topological polar surface area (TPSA) is 137 Å². The van der Waals surface area contributed by atoms with Crippen LogP contribution in [-0.4, -0.2) is 85.8 Å². The van der Waals surface area contributed by atoms with Crippen LogP contribution in [-0.2, 0) is 40.7 Å². The van der Waals surface area contributed by atoms with Gasteiger partial charge in [0.25, 0.3) is 5.91 Å². The molecule has 2 N–H and O–H groups in total. The third-order valence-electron chi connectivity index (χ3n) is 10.8. The lowest BCUT2D eigenvalue weighted by Gasteiger charge is -2.33. The van der Waals surface area contributed by atoms with E-state index >= 15 is 0 Å². The molecule has 2 fully saturated rings. The number of rotatable bonds is 10. The molecule has 2 aromatic rings. The molecular weight excluding hydrogens is 630 g/mol. The first-order valence-corrected chi connectivity index (χ1v) is 20.2. The largest absolute Gasteiger partial charge is 0.469 e. The van der Waals surface area contributed by atoms with E-state index in [9.17, 15) is 29.1 Å². The van der Waals surface area contributed by atoms with Crippen LogP contribution in [0.5, 0.6) is 0 Å². The average molecular weight is 678 g/mol. The zero-order valence-corrected chi connectivity index (χ0v) is 29.3. The number of aryl methyl sites for hydroxylation is 1. The zero-order valence-electron chi connectivity index (χ0n) is 28.3. The minimum absolute atomic E-state index is 0.0103. The number of para-hydroxylation sites is 1. The van der Waals surface area contributed by atoms with Gasteiger partial charge in [-0.3, -0.25) is 24.1 Å². The normalized spacial score (nSPS) is 26.8. The molecule has 0 bridgehead atoms. The maximum Gasteiger partial charge on any atom is 0.305 e. The van der Waals surface area contributed by atoms with Gasteiger partial charge in [0, 0.05) is 48.6 Å². The summed E-state index contributed by atoms with van der Waals surface area (Å²) in [6.45, 7) is 6.36. The van der Waals surface area contributed by atoms with Crippen molar-refractivity contribution in [2.75, 3.05) is 36.6 Å². The van der Waals surface area contributed by atoms with Gasteiger partial charge in [0.05, 0.1) is 43.7 Å². The van der Waals surface area contributed by atoms with Crippen LogP contribution in [0, 0.1) is 5.92 Å². The quantitative estimate of drug-likeness (QED) is 0.218. The van der Waals surface area contributed by atoms with Crippen LogP contribution < -0.4 is 9.80 Å². The predicted molar refractivity (Wildman–Crippen MR) is 182 cm³/mol. The van der Waals surface area contributed by atoms with E-state index in [1.54, 1.807) is 14.7 Å². The van der Waals surface area contributed by atoms with Crippen LogP contribution in [0.1, 0.15) is 63.0 Å². The Morgan fingerprint density at radius 1 is 1.08 bits per heavy atom. The maximum absolute atomic E-state index is 14.8. The van der Waals surface area contributed by atoms with Gasteiger partial charge in [-0.05, 0) is 75.0 Å². The minimum atomic E-state index is -3.03. The van der Waals surface area contributed by atoms with Gasteiger partial charge in [-0.2, -0.15) is 0 Å². The Labute approximate surface area is 282 Å². The molecular formula is C36H47N3O8Si. The van der Waals surface area contributed by atoms with Gasteiger partial charge in [0.2, 0.25) is 11.8 Å². The summed E-state index contributed by atoms with van der Waals surface area (Å²) >= 11 is 0. The van der Waals surface area contributed by atoms with Gasteiger partial charge in [-0.25, -0.2) is 0 Å². The number of benzene rings is 2. The van der Waals surface area contributed by atoms with E-state index in [-0.39, 0.29) is 49.2 Å². The first-order valence-electron chi connectivity index (χ1n) is 17.2. The van der Waals surface area contributed by atoms with Crippen molar-refractivity contribution in [2.24, 2.45) is 5.92 Å². The van der Waals surface area contributed by atoms with E-state index in [1.807, 2.05) is 62.5 Å². The summed E-state index contributed by atoms with van der Waals surface area (Å²) in [6.07, 6.45) is 3.14. The average Bonchev–Trinajstić information content (AvgIpc) is 3.72. The highest BCUT2D eigenvalue weighted by molar-refractivity contribution is 6.71. The molecule has 12 heteroatoms. The van der Waals surface area contributed by atoms with Crippen molar-refractivity contribution in [3.8, 4) is 0 Å². The number of methoxy groups -OCH3 is 1. The smallest absolute Gasteiger partial charge is 0.305 e. The fraction of sp³-hybridized carbons (Fsp3) is 0.556. The Morgan fingerprint density at radius 2 is 1.85 bits per heavy atom. The van der Waals surface area contributed by atoms with Crippen molar-refractivity contribution in [3.63, 3.8) is 0 Å². The molecule has 3 amide bonds. The van der Waals surface area contributed by atoms with Crippen LogP contribution >= 0.6 is 0 Å². The van der Waals surface area contributed by atoms with E-state index in [4.69, 9.17) is 9.47 Å². The second-order valence-electron chi connectivity index (χ2n) is 14.2. The number of nitrogens with zero attached hydrogens (tertiary/aromatic N) is 3. The van der Waals surface area contributed by atoms with Gasteiger partial charge in [0.15, 0.2) is 13.9 Å². The molecule has 4 aliphatic heterocycles. The van der Waals surface area contributed by atoms with Crippen LogP contribution in [0.2, 0.25) is 18.6 Å². The molecule has 4 aliphatic rings. The summed E-state index contributed by atoms with van der Waals surface area (Å²) in [6, 6.07) is 13.2. The lowest BCUT2D eigenvalue weighted by Crippen LogP contribution is -2.46. The zero-order chi connectivity index (χ0) is 34.4. The number of amides is 3. The summed E-state index contributed by atoms with van der Waals surface area (Å²) in [5.41, 5.74) is 1.84. The number of likely N-dealkylation sites (tertiary alicyclic amines) is 1. The van der Waals surface area contributed by atoms with E-state index in [2.05, 4.69) is 0 Å². The summed E-state index contributed by atoms with van der Waals surface area (Å²) in [4.78, 5) is 70.6. The molecule has 0 aromatic heterocycles. The van der Waals surface area contributed by atoms with E-state index in [0.717, 1.165) is 24.1 Å². The standard InChI is InChI=1S/C36H47N3O8Si/c1-23-34(48(3,4)45)30(21-32(42)37-19-9-11-26(37)22-40)47-36(23)27-20-25(39-28-12-6-5-10-24(28)14-17-31(39)41)15-16-29(27)38(35(36)44)18-8-7-13-33(43)46-2/h5-6,10,12,15-16,20,23,26,30,34,40,45H,7-9,11,13-14,17-19,21-22H2,1-4H3/t23-,26+,30+,34-,36+/m1/s1. The Balaban J connectivity index is 1.41. The third-order valence-corrected chi connectivity index (χ3v) is 13.3. The maximum atomic E-state index is 14.8. The number of fused-ring (bicyclic) bond motifs is 3. The second kappa shape index (κ2) is 13.4. The number of hydrogen-bond donors (Lipinski definition) is 2. The van der Waals surface area contributed by atoms with Crippen LogP contribution in [0.25, 0.3) is 0 Å². The van der Waals surface area contributed by atoms with E-state index in [0.29, 0.717) is 55.7 Å². The molecule has 2 aromatic carbocycles. The van der Waals surface area contributed by atoms with Crippen molar-refractivity contribution >= 4 is 49.1 Å². The van der Waals surface area contributed by atoms with Gasteiger partial charge in [-0.15, -0.1) is 0 Å². The molecule has 0 saturated carbocycles. The summed E-state index contributed by atoms with van der Waals surface area (Å²) in [5.74, 6) is -1.26. The van der Waals surface area contributed by atoms with Crippen LogP contribution in [0.4, 0.5) is 17.1 Å². The molecule has 0 aliphatic carbocycles. The summed E-state index contributed by atoms with van der Waals surface area (Å²) in [5, 5.41) is 9.89. The van der Waals surface area contributed by atoms with Gasteiger partial charge in [0.1, 0.15) is 0 Å². The fourth-order valence-electron chi connectivity index (χ4n) is 8.62. The molecule has 0 unspecified atom stereocenters. The Kier molecular flexibility index (Phi) is 9.56. The second-order valence-corrected chi connectivity index (χ2v) is 18.2. The lowest BCUT2D eigenvalue weighted by atomic mass is 9.82. The van der Waals surface area contributed by atoms with E-state index < -0.39 is 31.5 Å². The molecule has 5 atom stereocenters. The van der Waals surface area contributed by atoms with Crippen molar-refractivity contribution < 1.29 is 38.6 Å². The monoisotopic (exact) mass is 677 g/mol. The highest BCUT2D eigenvalue weighted by atomic mass is 28.4. The van der Waals surface area contributed by atoms with Gasteiger partial charge < -0.3 is 29.2 Å². The summed E-state index contributed by atoms with van der Waals surface area (Å²) in [7, 11) is -1.68. The highest BCUT2D eigenvalue weighted by Crippen LogP contribution is 2.60. The predicted octanol–water partition coefficient (Wildman–Crippen LogP) is 4.16. The number of anilines is 3. The third kappa shape index (κ3) is 5.86. The molecule has 2 saturated heterocycles. The molecule has 48 heavy (non-hydrogen) atoms. The molecule has 1 spiro atoms. The number of carbonyl (C=O) groups is 4. The Morgan fingerprint density at radius 3 is 2.58 bits per heavy atom. The number of hydrogen-bond acceptors (Lipinski definition) is 8. The first kappa shape index (κ1) is 34.3. The van der Waals surface area contributed by atoms with Gasteiger partial charge >= 0.3 is 5.97 Å². The number of unbranched alkanes of at least 4 members (excludes halogenated alkanes) is 1. The number of esters is 1. The van der Waals surface area contributed by atoms with Crippen molar-refractivity contribution in [3.05, 3.63) is 53.6 Å². The SMILES string of the molecule is COC(=O)CCCCN1C(=O)[C@@]2(O[C@@H](CC(=O)N3CCC[C@H]3CO)[C@H]([Si](C)(C)O)[C@H]2C)c2cc(N3C(=O)CCc4ccccc43)ccc21. The van der Waals surface area contributed by atoms with Crippen molar-refractivity contribution in [1.29, 1.82) is 0 Å². The molecule has 0 radical (unpaired) electrons. The number of carbonyl (C=O) groups excluding carboxylic acids is 4.